The molecule has 158 valence electrons. The Bertz CT molecular complexity index is 909. The maximum Gasteiger partial charge on any atom is 0.407 e. The molecule has 0 aromatic heterocycles. The first-order valence-corrected chi connectivity index (χ1v) is 9.17. The molecule has 2 rings (SSSR count). The normalized spacial score (nSPS) is 10.0. The summed E-state index contributed by atoms with van der Waals surface area (Å²) >= 11 is 0. The van der Waals surface area contributed by atoms with Crippen LogP contribution in [0.25, 0.3) is 0 Å². The Hall–Kier alpha value is -3.81. The predicted molar refractivity (Wildman–Crippen MR) is 109 cm³/mol. The molecule has 0 radical (unpaired) electrons. The number of nitrogens with one attached hydrogen (secondary N) is 1. The Morgan fingerprint density at radius 3 is 2.40 bits per heavy atom. The monoisotopic (exact) mass is 413 g/mol. The van der Waals surface area contributed by atoms with Gasteiger partial charge in [0.15, 0.2) is 5.78 Å². The molecule has 0 atom stereocenters. The van der Waals surface area contributed by atoms with E-state index in [-0.39, 0.29) is 49.0 Å². The highest BCUT2D eigenvalue weighted by atomic mass is 16.6. The second-order valence-electron chi connectivity index (χ2n) is 6.20. The number of hydrogen-bond donors (Lipinski definition) is 2. The van der Waals surface area contributed by atoms with E-state index in [4.69, 9.17) is 14.2 Å². The van der Waals surface area contributed by atoms with Crippen LogP contribution in [0.1, 0.15) is 22.8 Å². The lowest BCUT2D eigenvalue weighted by molar-refractivity contribution is -0.138. The summed E-state index contributed by atoms with van der Waals surface area (Å²) in [5.41, 5.74) is 0.907. The van der Waals surface area contributed by atoms with E-state index in [0.29, 0.717) is 11.3 Å². The van der Waals surface area contributed by atoms with Crippen molar-refractivity contribution < 1.29 is 33.7 Å². The first-order valence-electron chi connectivity index (χ1n) is 9.17. The highest BCUT2D eigenvalue weighted by Crippen LogP contribution is 2.25. The molecule has 8 heteroatoms. The number of rotatable bonds is 10. The number of carbonyl (C=O) groups excluding carboxylic acids is 3. The summed E-state index contributed by atoms with van der Waals surface area (Å²) in [6, 6.07) is 13.0. The first-order chi connectivity index (χ1) is 14.4. The van der Waals surface area contributed by atoms with E-state index in [9.17, 15) is 19.5 Å². The number of esters is 1. The topological polar surface area (TPSA) is 111 Å². The number of carbonyl (C=O) groups is 3. The van der Waals surface area contributed by atoms with Gasteiger partial charge in [-0.15, -0.1) is 0 Å². The highest BCUT2D eigenvalue weighted by Gasteiger charge is 2.14. The molecule has 2 aromatic rings. The van der Waals surface area contributed by atoms with E-state index < -0.39 is 12.1 Å². The van der Waals surface area contributed by atoms with Crippen LogP contribution in [0, 0.1) is 0 Å². The van der Waals surface area contributed by atoms with Crippen LogP contribution in [-0.2, 0) is 14.3 Å². The Balaban J connectivity index is 1.71. The van der Waals surface area contributed by atoms with E-state index in [1.807, 2.05) is 0 Å². The summed E-state index contributed by atoms with van der Waals surface area (Å²) in [5, 5.41) is 12.5. The van der Waals surface area contributed by atoms with Crippen molar-refractivity contribution in [2.75, 3.05) is 26.4 Å². The molecular weight excluding hydrogens is 390 g/mol. The van der Waals surface area contributed by atoms with Gasteiger partial charge in [-0.2, -0.15) is 0 Å². The Morgan fingerprint density at radius 1 is 1.00 bits per heavy atom. The summed E-state index contributed by atoms with van der Waals surface area (Å²) in [7, 11) is 0. The Morgan fingerprint density at radius 2 is 1.73 bits per heavy atom. The zero-order chi connectivity index (χ0) is 21.9. The molecule has 0 unspecified atom stereocenters. The molecule has 0 heterocycles. The lowest BCUT2D eigenvalue weighted by Crippen LogP contribution is -2.29. The zero-order valence-corrected chi connectivity index (χ0v) is 16.6. The lowest BCUT2D eigenvalue weighted by atomic mass is 10.0. The van der Waals surface area contributed by atoms with Crippen LogP contribution in [0.3, 0.4) is 0 Å². The molecule has 0 spiro atoms. The molecule has 1 amide bonds. The molecule has 8 nitrogen and oxygen atoms in total. The molecule has 0 aliphatic rings. The van der Waals surface area contributed by atoms with E-state index >= 15 is 0 Å². The first kappa shape index (κ1) is 22.5. The van der Waals surface area contributed by atoms with E-state index in [0.717, 1.165) is 0 Å². The summed E-state index contributed by atoms with van der Waals surface area (Å²) in [6.07, 6.45) is -0.684. The molecular formula is C22H23NO7. The fourth-order valence-electron chi connectivity index (χ4n) is 2.30. The molecule has 2 aromatic carbocycles. The lowest BCUT2D eigenvalue weighted by Gasteiger charge is -2.10. The minimum Gasteiger partial charge on any atom is -0.507 e. The molecule has 30 heavy (non-hydrogen) atoms. The van der Waals surface area contributed by atoms with Crippen LogP contribution in [-0.4, -0.2) is 49.3 Å². The third-order valence-corrected chi connectivity index (χ3v) is 3.79. The maximum atomic E-state index is 12.4. The van der Waals surface area contributed by atoms with Gasteiger partial charge in [-0.25, -0.2) is 9.59 Å². The smallest absolute Gasteiger partial charge is 0.407 e. The second kappa shape index (κ2) is 11.3. The van der Waals surface area contributed by atoms with Crippen molar-refractivity contribution in [3.63, 3.8) is 0 Å². The van der Waals surface area contributed by atoms with Crippen molar-refractivity contribution in [1.82, 2.24) is 5.32 Å². The van der Waals surface area contributed by atoms with Crippen molar-refractivity contribution in [2.24, 2.45) is 0 Å². The van der Waals surface area contributed by atoms with Gasteiger partial charge in [-0.05, 0) is 19.1 Å². The van der Waals surface area contributed by atoms with Crippen LogP contribution in [0.15, 0.2) is 60.7 Å². The average Bonchev–Trinajstić information content (AvgIpc) is 2.74. The van der Waals surface area contributed by atoms with Crippen molar-refractivity contribution in [1.29, 1.82) is 0 Å². The van der Waals surface area contributed by atoms with Crippen LogP contribution in [0.2, 0.25) is 0 Å². The van der Waals surface area contributed by atoms with E-state index in [2.05, 4.69) is 11.9 Å². The van der Waals surface area contributed by atoms with Gasteiger partial charge in [-0.3, -0.25) is 4.79 Å². The van der Waals surface area contributed by atoms with Crippen LogP contribution >= 0.6 is 0 Å². The van der Waals surface area contributed by atoms with Crippen LogP contribution in [0.4, 0.5) is 4.79 Å². The van der Waals surface area contributed by atoms with Crippen molar-refractivity contribution >= 4 is 17.8 Å². The largest absolute Gasteiger partial charge is 0.507 e. The van der Waals surface area contributed by atoms with Crippen molar-refractivity contribution in [2.45, 2.75) is 6.92 Å². The number of ketones is 1. The second-order valence-corrected chi connectivity index (χ2v) is 6.20. The van der Waals surface area contributed by atoms with E-state index in [1.54, 1.807) is 36.4 Å². The molecule has 0 aliphatic carbocycles. The molecule has 0 aliphatic heterocycles. The quantitative estimate of drug-likeness (QED) is 0.267. The molecule has 0 bridgehead atoms. The maximum absolute atomic E-state index is 12.4. The number of amides is 1. The number of aromatic hydroxyl groups is 1. The number of hydrogen-bond acceptors (Lipinski definition) is 7. The minimum atomic E-state index is -0.684. The van der Waals surface area contributed by atoms with Gasteiger partial charge in [0.2, 0.25) is 0 Å². The molecule has 2 N–H and O–H groups in total. The minimum absolute atomic E-state index is 0.00458. The van der Waals surface area contributed by atoms with Crippen molar-refractivity contribution in [3.05, 3.63) is 71.8 Å². The van der Waals surface area contributed by atoms with Gasteiger partial charge in [0, 0.05) is 17.2 Å². The van der Waals surface area contributed by atoms with Crippen LogP contribution in [0.5, 0.6) is 11.5 Å². The molecule has 0 fully saturated rings. The summed E-state index contributed by atoms with van der Waals surface area (Å²) < 4.78 is 15.1. The Kier molecular flexibility index (Phi) is 8.43. The van der Waals surface area contributed by atoms with E-state index in [1.165, 1.54) is 19.1 Å². The number of alkyl carbamates (subject to hydrolysis) is 1. The van der Waals surface area contributed by atoms with Gasteiger partial charge in [-0.1, -0.05) is 36.9 Å². The third kappa shape index (κ3) is 6.97. The number of benzene rings is 2. The standard InChI is InChI=1S/C22H23NO7/c1-15(2)21(26)29-11-10-23-22(27)30-13-12-28-17-8-9-18(19(24)14-17)20(25)16-6-4-3-5-7-16/h3-9,14,24H,1,10-13H2,2H3,(H,23,27). The SMILES string of the molecule is C=C(C)C(=O)OCCNC(=O)OCCOc1ccc(C(=O)c2ccccc2)c(O)c1. The fourth-order valence-corrected chi connectivity index (χ4v) is 2.30. The van der Waals surface area contributed by atoms with Gasteiger partial charge in [0.1, 0.15) is 31.3 Å². The fraction of sp³-hybridized carbons (Fsp3) is 0.227. The summed E-state index contributed by atoms with van der Waals surface area (Å²) in [4.78, 5) is 35.1. The zero-order valence-electron chi connectivity index (χ0n) is 16.6. The highest BCUT2D eigenvalue weighted by molar-refractivity contribution is 6.10. The van der Waals surface area contributed by atoms with Gasteiger partial charge in [0.25, 0.3) is 0 Å². The van der Waals surface area contributed by atoms with Gasteiger partial charge >= 0.3 is 12.1 Å². The summed E-state index contributed by atoms with van der Waals surface area (Å²) in [6.45, 7) is 5.08. The third-order valence-electron chi connectivity index (χ3n) is 3.79. The predicted octanol–water partition coefficient (Wildman–Crippen LogP) is 2.85. The van der Waals surface area contributed by atoms with Crippen LogP contribution < -0.4 is 10.1 Å². The van der Waals surface area contributed by atoms with Gasteiger partial charge in [0.05, 0.1) is 12.1 Å². The number of phenolic OH excluding ortho intramolecular Hbond substituents is 1. The summed E-state index contributed by atoms with van der Waals surface area (Å²) in [5.74, 6) is -0.705. The number of ether oxygens (including phenoxy) is 3. The Labute approximate surface area is 174 Å². The van der Waals surface area contributed by atoms with Crippen molar-refractivity contribution in [3.8, 4) is 11.5 Å². The number of phenols is 1. The average molecular weight is 413 g/mol. The van der Waals surface area contributed by atoms with Gasteiger partial charge < -0.3 is 24.6 Å². The molecule has 0 saturated heterocycles. The molecule has 0 saturated carbocycles.